The van der Waals surface area contributed by atoms with E-state index in [1.807, 2.05) is 0 Å². The second kappa shape index (κ2) is 9.85. The average molecular weight is 408 g/mol. The predicted molar refractivity (Wildman–Crippen MR) is 112 cm³/mol. The zero-order valence-electron chi connectivity index (χ0n) is 16.9. The number of amides is 1. The highest BCUT2D eigenvalue weighted by Crippen LogP contribution is 2.29. The van der Waals surface area contributed by atoms with Gasteiger partial charge in [0.25, 0.3) is 0 Å². The summed E-state index contributed by atoms with van der Waals surface area (Å²) in [5.74, 6) is -0.148. The number of nitrogens with zero attached hydrogens (tertiary/aromatic N) is 2. The highest BCUT2D eigenvalue weighted by Gasteiger charge is 2.31. The van der Waals surface area contributed by atoms with E-state index < -0.39 is 10.0 Å². The molecule has 2 fully saturated rings. The van der Waals surface area contributed by atoms with Gasteiger partial charge in [0, 0.05) is 13.1 Å². The summed E-state index contributed by atoms with van der Waals surface area (Å²) < 4.78 is 28.0. The third-order valence-corrected chi connectivity index (χ3v) is 7.94. The molecule has 0 radical (unpaired) electrons. The molecule has 2 aliphatic rings. The molecule has 1 aliphatic heterocycles. The van der Waals surface area contributed by atoms with Crippen molar-refractivity contribution >= 4 is 21.6 Å². The summed E-state index contributed by atoms with van der Waals surface area (Å²) in [5, 5.41) is 2.86. The van der Waals surface area contributed by atoms with Crippen LogP contribution < -0.4 is 5.32 Å². The standard InChI is InChI=1S/C21H33N3O3S/c1-23(18-11-5-4-6-12-18)28(26,27)20-14-8-7-13-19(20)22-21(25)17-24-15-9-2-3-10-16-24/h7-8,13-14,18H,2-6,9-12,15-17H2,1H3,(H,22,25). The second-order valence-corrected chi connectivity index (χ2v) is 10.0. The highest BCUT2D eigenvalue weighted by molar-refractivity contribution is 7.89. The van der Waals surface area contributed by atoms with Crippen LogP contribution in [0.25, 0.3) is 0 Å². The van der Waals surface area contributed by atoms with Crippen LogP contribution in [0.15, 0.2) is 29.2 Å². The first-order valence-corrected chi connectivity index (χ1v) is 12.0. The molecule has 1 saturated carbocycles. The maximum absolute atomic E-state index is 13.2. The molecule has 1 amide bonds. The average Bonchev–Trinajstić information content (AvgIpc) is 2.97. The van der Waals surface area contributed by atoms with Crippen molar-refractivity contribution in [2.24, 2.45) is 0 Å². The van der Waals surface area contributed by atoms with E-state index in [1.54, 1.807) is 31.3 Å². The molecule has 3 rings (SSSR count). The van der Waals surface area contributed by atoms with Crippen molar-refractivity contribution in [3.8, 4) is 0 Å². The predicted octanol–water partition coefficient (Wildman–Crippen LogP) is 3.45. The van der Waals surface area contributed by atoms with E-state index in [0.29, 0.717) is 12.2 Å². The molecule has 1 aromatic rings. The minimum absolute atomic E-state index is 0.0413. The molecule has 1 heterocycles. The molecule has 0 atom stereocenters. The van der Waals surface area contributed by atoms with Gasteiger partial charge in [-0.25, -0.2) is 8.42 Å². The van der Waals surface area contributed by atoms with Gasteiger partial charge in [0.15, 0.2) is 0 Å². The maximum Gasteiger partial charge on any atom is 0.245 e. The number of carbonyl (C=O) groups excluding carboxylic acids is 1. The molecule has 28 heavy (non-hydrogen) atoms. The summed E-state index contributed by atoms with van der Waals surface area (Å²) in [7, 11) is -1.98. The maximum atomic E-state index is 13.2. The van der Waals surface area contributed by atoms with E-state index in [-0.39, 0.29) is 16.8 Å². The number of likely N-dealkylation sites (tertiary alicyclic amines) is 1. The van der Waals surface area contributed by atoms with Crippen molar-refractivity contribution in [2.75, 3.05) is 32.0 Å². The van der Waals surface area contributed by atoms with Crippen molar-refractivity contribution in [3.63, 3.8) is 0 Å². The number of anilines is 1. The number of hydrogen-bond donors (Lipinski definition) is 1. The van der Waals surface area contributed by atoms with E-state index in [9.17, 15) is 13.2 Å². The lowest BCUT2D eigenvalue weighted by Gasteiger charge is -2.31. The van der Waals surface area contributed by atoms with Gasteiger partial charge in [-0.2, -0.15) is 4.31 Å². The van der Waals surface area contributed by atoms with Crippen LogP contribution >= 0.6 is 0 Å². The van der Waals surface area contributed by atoms with Crippen molar-refractivity contribution in [3.05, 3.63) is 24.3 Å². The Kier molecular flexibility index (Phi) is 7.48. The number of sulfonamides is 1. The minimum atomic E-state index is -3.65. The Hall–Kier alpha value is -1.44. The molecule has 1 N–H and O–H groups in total. The SMILES string of the molecule is CN(C1CCCCC1)S(=O)(=O)c1ccccc1NC(=O)CN1CCCCCC1. The molecule has 0 spiro atoms. The van der Waals surface area contributed by atoms with E-state index in [2.05, 4.69) is 10.2 Å². The lowest BCUT2D eigenvalue weighted by atomic mass is 9.96. The van der Waals surface area contributed by atoms with Crippen LogP contribution in [0.4, 0.5) is 5.69 Å². The summed E-state index contributed by atoms with van der Waals surface area (Å²) in [6, 6.07) is 6.80. The van der Waals surface area contributed by atoms with Crippen LogP contribution in [-0.2, 0) is 14.8 Å². The topological polar surface area (TPSA) is 69.7 Å². The molecule has 1 aromatic carbocycles. The van der Waals surface area contributed by atoms with Crippen LogP contribution in [0.3, 0.4) is 0 Å². The summed E-state index contributed by atoms with van der Waals surface area (Å²) >= 11 is 0. The normalized spacial score (nSPS) is 20.1. The highest BCUT2D eigenvalue weighted by atomic mass is 32.2. The number of carbonyl (C=O) groups is 1. The molecular formula is C21H33N3O3S. The number of nitrogens with one attached hydrogen (secondary N) is 1. The van der Waals surface area contributed by atoms with Gasteiger partial charge in [-0.3, -0.25) is 9.69 Å². The summed E-state index contributed by atoms with van der Waals surface area (Å²) in [4.78, 5) is 14.9. The van der Waals surface area contributed by atoms with Gasteiger partial charge >= 0.3 is 0 Å². The van der Waals surface area contributed by atoms with Crippen molar-refractivity contribution < 1.29 is 13.2 Å². The molecule has 0 aromatic heterocycles. The lowest BCUT2D eigenvalue weighted by Crippen LogP contribution is -2.39. The zero-order chi connectivity index (χ0) is 20.0. The quantitative estimate of drug-likeness (QED) is 0.784. The summed E-state index contributed by atoms with van der Waals surface area (Å²) in [5.41, 5.74) is 0.380. The molecule has 156 valence electrons. The van der Waals surface area contributed by atoms with E-state index >= 15 is 0 Å². The Bertz CT molecular complexity index is 752. The number of para-hydroxylation sites is 1. The van der Waals surface area contributed by atoms with Crippen LogP contribution in [-0.4, -0.2) is 56.3 Å². The first-order chi connectivity index (χ1) is 13.5. The van der Waals surface area contributed by atoms with Crippen LogP contribution in [0.2, 0.25) is 0 Å². The number of rotatable bonds is 6. The van der Waals surface area contributed by atoms with Gasteiger partial charge in [0.2, 0.25) is 15.9 Å². The second-order valence-electron chi connectivity index (χ2n) is 8.05. The smallest absolute Gasteiger partial charge is 0.245 e. The van der Waals surface area contributed by atoms with Gasteiger partial charge in [-0.15, -0.1) is 0 Å². The minimum Gasteiger partial charge on any atom is -0.324 e. The fourth-order valence-corrected chi connectivity index (χ4v) is 5.84. The summed E-state index contributed by atoms with van der Waals surface area (Å²) in [6.07, 6.45) is 9.78. The van der Waals surface area contributed by atoms with Gasteiger partial charge in [0.05, 0.1) is 12.2 Å². The van der Waals surface area contributed by atoms with E-state index in [1.165, 1.54) is 23.6 Å². The fraction of sp³-hybridized carbons (Fsp3) is 0.667. The van der Waals surface area contributed by atoms with Crippen LogP contribution in [0.1, 0.15) is 57.8 Å². The monoisotopic (exact) mass is 407 g/mol. The number of hydrogen-bond acceptors (Lipinski definition) is 4. The Balaban J connectivity index is 1.71. The molecular weight excluding hydrogens is 374 g/mol. The molecule has 6 nitrogen and oxygen atoms in total. The van der Waals surface area contributed by atoms with Gasteiger partial charge < -0.3 is 5.32 Å². The van der Waals surface area contributed by atoms with E-state index in [0.717, 1.165) is 51.6 Å². The Morgan fingerprint density at radius 3 is 2.32 bits per heavy atom. The van der Waals surface area contributed by atoms with E-state index in [4.69, 9.17) is 0 Å². The van der Waals surface area contributed by atoms with Gasteiger partial charge in [-0.05, 0) is 50.9 Å². The third-order valence-electron chi connectivity index (χ3n) is 5.97. The molecule has 1 aliphatic carbocycles. The lowest BCUT2D eigenvalue weighted by molar-refractivity contribution is -0.117. The summed E-state index contributed by atoms with van der Waals surface area (Å²) in [6.45, 7) is 2.17. The van der Waals surface area contributed by atoms with Crippen molar-refractivity contribution in [2.45, 2.75) is 68.7 Å². The van der Waals surface area contributed by atoms with Crippen LogP contribution in [0.5, 0.6) is 0 Å². The number of benzene rings is 1. The van der Waals surface area contributed by atoms with Crippen molar-refractivity contribution in [1.29, 1.82) is 0 Å². The first kappa shape index (κ1) is 21.3. The Morgan fingerprint density at radius 1 is 1.04 bits per heavy atom. The third kappa shape index (κ3) is 5.33. The van der Waals surface area contributed by atoms with Gasteiger partial charge in [0.1, 0.15) is 4.90 Å². The molecule has 7 heteroatoms. The first-order valence-electron chi connectivity index (χ1n) is 10.6. The largest absolute Gasteiger partial charge is 0.324 e. The zero-order valence-corrected chi connectivity index (χ0v) is 17.7. The fourth-order valence-electron chi connectivity index (χ4n) is 4.28. The van der Waals surface area contributed by atoms with Crippen molar-refractivity contribution in [1.82, 2.24) is 9.21 Å². The molecule has 0 bridgehead atoms. The Morgan fingerprint density at radius 2 is 1.64 bits per heavy atom. The Labute approximate surface area is 169 Å². The molecule has 0 unspecified atom stereocenters. The van der Waals surface area contributed by atoms with Gasteiger partial charge in [-0.1, -0.05) is 44.2 Å². The molecule has 1 saturated heterocycles. The van der Waals surface area contributed by atoms with Crippen LogP contribution in [0, 0.1) is 0 Å².